The number of aliphatic hydroxyl groups is 1. The van der Waals surface area contributed by atoms with Crippen LogP contribution in [0, 0.1) is 0 Å². The first-order valence-corrected chi connectivity index (χ1v) is 6.97. The molecule has 0 bridgehead atoms. The van der Waals surface area contributed by atoms with E-state index in [2.05, 4.69) is 10.3 Å². The molecule has 0 spiro atoms. The normalized spacial score (nSPS) is 14.5. The molecule has 0 saturated heterocycles. The number of ether oxygens (including phenoxy) is 2. The third kappa shape index (κ3) is 2.38. The van der Waals surface area contributed by atoms with Crippen molar-refractivity contribution in [1.82, 2.24) is 4.98 Å². The Bertz CT molecular complexity index is 690. The van der Waals surface area contributed by atoms with Gasteiger partial charge in [-0.2, -0.15) is 0 Å². The first kappa shape index (κ1) is 13.9. The van der Waals surface area contributed by atoms with E-state index in [0.717, 1.165) is 28.1 Å². The minimum Gasteiger partial charge on any atom is -0.454 e. The molecule has 3 rings (SSSR count). The van der Waals surface area contributed by atoms with Crippen LogP contribution in [-0.4, -0.2) is 28.0 Å². The molecule has 21 heavy (non-hydrogen) atoms. The summed E-state index contributed by atoms with van der Waals surface area (Å²) in [5, 5.41) is 15.6. The Morgan fingerprint density at radius 1 is 1.14 bits per heavy atom. The maximum Gasteiger partial charge on any atom is 0.231 e. The first-order chi connectivity index (χ1) is 9.78. The van der Waals surface area contributed by atoms with Gasteiger partial charge in [0.2, 0.25) is 6.79 Å². The predicted molar refractivity (Wildman–Crippen MR) is 81.9 cm³/mol. The lowest BCUT2D eigenvalue weighted by Gasteiger charge is -2.38. The molecule has 2 aromatic rings. The van der Waals surface area contributed by atoms with Crippen molar-refractivity contribution in [2.45, 2.75) is 38.8 Å². The van der Waals surface area contributed by atoms with Crippen LogP contribution in [0.1, 0.15) is 27.7 Å². The number of hydrogen-bond acceptors (Lipinski definition) is 5. The van der Waals surface area contributed by atoms with E-state index < -0.39 is 11.1 Å². The number of hydrogen-bond donors (Lipinski definition) is 2. The Morgan fingerprint density at radius 2 is 1.81 bits per heavy atom. The lowest BCUT2D eigenvalue weighted by Crippen LogP contribution is -2.51. The van der Waals surface area contributed by atoms with Crippen molar-refractivity contribution < 1.29 is 14.6 Å². The standard InChI is InChI=1S/C16H20N2O3/c1-15(2,16(3,4)19)18-14-11-8-13-12(20-9-21-13)7-10(11)5-6-17-14/h5-8,19H,9H2,1-4H3,(H,17,18). The highest BCUT2D eigenvalue weighted by Crippen LogP contribution is 2.38. The van der Waals surface area contributed by atoms with Crippen LogP contribution in [0.5, 0.6) is 11.5 Å². The van der Waals surface area contributed by atoms with E-state index >= 15 is 0 Å². The monoisotopic (exact) mass is 288 g/mol. The molecule has 1 aliphatic heterocycles. The van der Waals surface area contributed by atoms with E-state index in [1.165, 1.54) is 0 Å². The molecule has 0 atom stereocenters. The summed E-state index contributed by atoms with van der Waals surface area (Å²) in [5.41, 5.74) is -1.43. The van der Waals surface area contributed by atoms with E-state index in [9.17, 15) is 5.11 Å². The molecule has 112 valence electrons. The van der Waals surface area contributed by atoms with Crippen molar-refractivity contribution >= 4 is 16.6 Å². The van der Waals surface area contributed by atoms with E-state index in [1.54, 1.807) is 20.0 Å². The van der Waals surface area contributed by atoms with Crippen LogP contribution in [0.25, 0.3) is 10.8 Å². The molecule has 1 aromatic carbocycles. The zero-order chi connectivity index (χ0) is 15.3. The van der Waals surface area contributed by atoms with Crippen molar-refractivity contribution in [3.8, 4) is 11.5 Å². The van der Waals surface area contributed by atoms with Gasteiger partial charge in [-0.1, -0.05) is 0 Å². The summed E-state index contributed by atoms with van der Waals surface area (Å²) in [7, 11) is 0. The molecule has 0 radical (unpaired) electrons. The maximum absolute atomic E-state index is 10.3. The average molecular weight is 288 g/mol. The van der Waals surface area contributed by atoms with Gasteiger partial charge in [0.15, 0.2) is 11.5 Å². The van der Waals surface area contributed by atoms with Crippen molar-refractivity contribution in [1.29, 1.82) is 0 Å². The summed E-state index contributed by atoms with van der Waals surface area (Å²) >= 11 is 0. The Labute approximate surface area is 123 Å². The molecule has 2 heterocycles. The highest BCUT2D eigenvalue weighted by molar-refractivity contribution is 5.94. The van der Waals surface area contributed by atoms with Crippen LogP contribution in [-0.2, 0) is 0 Å². The third-order valence-corrected chi connectivity index (χ3v) is 4.22. The SMILES string of the molecule is CC(C)(O)C(C)(C)Nc1nccc2cc3c(cc12)OCO3. The van der Waals surface area contributed by atoms with Crippen molar-refractivity contribution in [2.24, 2.45) is 0 Å². The zero-order valence-electron chi connectivity index (χ0n) is 12.7. The van der Waals surface area contributed by atoms with E-state index in [0.29, 0.717) is 0 Å². The molecule has 0 saturated carbocycles. The van der Waals surface area contributed by atoms with Gasteiger partial charge in [0.05, 0.1) is 11.1 Å². The maximum atomic E-state index is 10.3. The average Bonchev–Trinajstić information content (AvgIpc) is 2.82. The smallest absolute Gasteiger partial charge is 0.231 e. The number of benzene rings is 1. The lowest BCUT2D eigenvalue weighted by molar-refractivity contribution is 0.0239. The Morgan fingerprint density at radius 3 is 2.48 bits per heavy atom. The molecular formula is C16H20N2O3. The second-order valence-electron chi connectivity index (χ2n) is 6.40. The molecule has 0 unspecified atom stereocenters. The molecule has 1 aliphatic rings. The largest absolute Gasteiger partial charge is 0.454 e. The second kappa shape index (κ2) is 4.49. The van der Waals surface area contributed by atoms with Crippen molar-refractivity contribution in [3.05, 3.63) is 24.4 Å². The van der Waals surface area contributed by atoms with Gasteiger partial charge in [0, 0.05) is 11.6 Å². The van der Waals surface area contributed by atoms with Crippen LogP contribution in [0.15, 0.2) is 24.4 Å². The predicted octanol–water partition coefficient (Wildman–Crippen LogP) is 2.92. The molecular weight excluding hydrogens is 268 g/mol. The van der Waals surface area contributed by atoms with Gasteiger partial charge < -0.3 is 19.9 Å². The van der Waals surface area contributed by atoms with Gasteiger partial charge in [-0.05, 0) is 51.3 Å². The van der Waals surface area contributed by atoms with Crippen molar-refractivity contribution in [2.75, 3.05) is 12.1 Å². The number of pyridine rings is 1. The number of nitrogens with one attached hydrogen (secondary N) is 1. The van der Waals surface area contributed by atoms with E-state index in [-0.39, 0.29) is 6.79 Å². The minimum absolute atomic E-state index is 0.247. The highest BCUT2D eigenvalue weighted by Gasteiger charge is 2.35. The van der Waals surface area contributed by atoms with Crippen LogP contribution >= 0.6 is 0 Å². The fraction of sp³-hybridized carbons (Fsp3) is 0.438. The number of nitrogens with zero attached hydrogens (tertiary/aromatic N) is 1. The van der Waals surface area contributed by atoms with Crippen molar-refractivity contribution in [3.63, 3.8) is 0 Å². The fourth-order valence-corrected chi connectivity index (χ4v) is 2.11. The second-order valence-corrected chi connectivity index (χ2v) is 6.40. The van der Waals surface area contributed by atoms with E-state index in [1.807, 2.05) is 32.0 Å². The summed E-state index contributed by atoms with van der Waals surface area (Å²) in [5.74, 6) is 2.19. The fourth-order valence-electron chi connectivity index (χ4n) is 2.11. The number of rotatable bonds is 3. The minimum atomic E-state index is -0.896. The van der Waals surface area contributed by atoms with Gasteiger partial charge in [0.1, 0.15) is 5.82 Å². The molecule has 1 aromatic heterocycles. The molecule has 0 aliphatic carbocycles. The molecule has 2 N–H and O–H groups in total. The Hall–Kier alpha value is -2.01. The molecule has 0 fully saturated rings. The Balaban J connectivity index is 2.07. The first-order valence-electron chi connectivity index (χ1n) is 6.97. The lowest BCUT2D eigenvalue weighted by atomic mass is 9.86. The number of aromatic nitrogens is 1. The quantitative estimate of drug-likeness (QED) is 0.909. The third-order valence-electron chi connectivity index (χ3n) is 4.22. The van der Waals surface area contributed by atoms with Gasteiger partial charge in [-0.3, -0.25) is 0 Å². The van der Waals surface area contributed by atoms with Crippen LogP contribution in [0.2, 0.25) is 0 Å². The van der Waals surface area contributed by atoms with Gasteiger partial charge >= 0.3 is 0 Å². The molecule has 5 heteroatoms. The summed E-state index contributed by atoms with van der Waals surface area (Å²) < 4.78 is 10.8. The number of anilines is 1. The van der Waals surface area contributed by atoms with Crippen LogP contribution < -0.4 is 14.8 Å². The summed E-state index contributed by atoms with van der Waals surface area (Å²) in [6.45, 7) is 7.69. The summed E-state index contributed by atoms with van der Waals surface area (Å²) in [6.07, 6.45) is 1.74. The van der Waals surface area contributed by atoms with Crippen LogP contribution in [0.3, 0.4) is 0 Å². The van der Waals surface area contributed by atoms with E-state index in [4.69, 9.17) is 9.47 Å². The zero-order valence-corrected chi connectivity index (χ0v) is 12.7. The van der Waals surface area contributed by atoms with Gasteiger partial charge in [0.25, 0.3) is 0 Å². The Kier molecular flexibility index (Phi) is 2.99. The summed E-state index contributed by atoms with van der Waals surface area (Å²) in [4.78, 5) is 4.41. The molecule has 0 amide bonds. The topological polar surface area (TPSA) is 63.6 Å². The summed E-state index contributed by atoms with van der Waals surface area (Å²) in [6, 6.07) is 5.80. The van der Waals surface area contributed by atoms with Gasteiger partial charge in [-0.25, -0.2) is 4.98 Å². The van der Waals surface area contributed by atoms with Crippen LogP contribution in [0.4, 0.5) is 5.82 Å². The molecule has 5 nitrogen and oxygen atoms in total. The highest BCUT2D eigenvalue weighted by atomic mass is 16.7. The van der Waals surface area contributed by atoms with Gasteiger partial charge in [-0.15, -0.1) is 0 Å². The number of fused-ring (bicyclic) bond motifs is 2.